The van der Waals surface area contributed by atoms with Gasteiger partial charge < -0.3 is 5.32 Å². The van der Waals surface area contributed by atoms with Crippen molar-refractivity contribution in [2.45, 2.75) is 42.6 Å². The van der Waals surface area contributed by atoms with E-state index in [-0.39, 0.29) is 11.9 Å². The first-order valence-electron chi connectivity index (χ1n) is 6.73. The predicted molar refractivity (Wildman–Crippen MR) is 85.7 cm³/mol. The van der Waals surface area contributed by atoms with Crippen molar-refractivity contribution < 1.29 is 4.39 Å². The number of benzene rings is 1. The van der Waals surface area contributed by atoms with Crippen molar-refractivity contribution >= 4 is 23.5 Å². The van der Waals surface area contributed by atoms with E-state index in [1.165, 1.54) is 0 Å². The second-order valence-electron chi connectivity index (χ2n) is 5.19. The highest BCUT2D eigenvalue weighted by molar-refractivity contribution is 8.07. The Bertz CT molecular complexity index is 438. The number of rotatable bonds is 3. The Kier molecular flexibility index (Phi) is 5.21. The van der Waals surface area contributed by atoms with Crippen LogP contribution in [-0.2, 0) is 0 Å². The van der Waals surface area contributed by atoms with Gasteiger partial charge in [0.1, 0.15) is 5.82 Å². The topological polar surface area (TPSA) is 12.0 Å². The van der Waals surface area contributed by atoms with Crippen LogP contribution < -0.4 is 5.32 Å². The first-order chi connectivity index (χ1) is 9.02. The molecule has 106 valence electrons. The molecular formula is C15H22FNS2. The largest absolute Gasteiger partial charge is 0.312 e. The molecule has 4 unspecified atom stereocenters. The van der Waals surface area contributed by atoms with Crippen molar-refractivity contribution in [1.82, 2.24) is 5.32 Å². The van der Waals surface area contributed by atoms with Gasteiger partial charge in [0.15, 0.2) is 0 Å². The van der Waals surface area contributed by atoms with E-state index in [0.29, 0.717) is 15.7 Å². The molecule has 0 aliphatic carbocycles. The molecule has 1 N–H and O–H groups in total. The van der Waals surface area contributed by atoms with Crippen molar-refractivity contribution in [3.05, 3.63) is 35.1 Å². The van der Waals surface area contributed by atoms with Gasteiger partial charge in [-0.2, -0.15) is 23.5 Å². The van der Waals surface area contributed by atoms with Crippen molar-refractivity contribution in [2.24, 2.45) is 0 Å². The number of nitrogens with one attached hydrogen (secondary N) is 1. The van der Waals surface area contributed by atoms with E-state index in [9.17, 15) is 4.39 Å². The maximum absolute atomic E-state index is 13.5. The van der Waals surface area contributed by atoms with E-state index in [2.05, 4.69) is 26.1 Å². The van der Waals surface area contributed by atoms with Gasteiger partial charge in [-0.3, -0.25) is 0 Å². The van der Waals surface area contributed by atoms with Crippen LogP contribution in [0.2, 0.25) is 0 Å². The van der Waals surface area contributed by atoms with Gasteiger partial charge in [-0.1, -0.05) is 19.9 Å². The second kappa shape index (κ2) is 6.51. The monoisotopic (exact) mass is 299 g/mol. The Morgan fingerprint density at radius 3 is 2.68 bits per heavy atom. The lowest BCUT2D eigenvalue weighted by molar-refractivity contribution is 0.572. The smallest absolute Gasteiger partial charge is 0.123 e. The van der Waals surface area contributed by atoms with Gasteiger partial charge in [0.05, 0.1) is 0 Å². The highest BCUT2D eigenvalue weighted by Crippen LogP contribution is 2.41. The normalized spacial score (nSPS) is 29.2. The lowest BCUT2D eigenvalue weighted by Gasteiger charge is -2.36. The van der Waals surface area contributed by atoms with E-state index in [1.54, 1.807) is 12.1 Å². The minimum absolute atomic E-state index is 0.143. The lowest BCUT2D eigenvalue weighted by Crippen LogP contribution is -2.36. The summed E-state index contributed by atoms with van der Waals surface area (Å²) in [6.07, 6.45) is 0. The maximum atomic E-state index is 13.5. The fourth-order valence-corrected chi connectivity index (χ4v) is 5.62. The molecule has 0 spiro atoms. The molecule has 2 rings (SSSR count). The van der Waals surface area contributed by atoms with Crippen molar-refractivity contribution in [3.8, 4) is 0 Å². The Labute approximate surface area is 124 Å². The number of hydrogen-bond acceptors (Lipinski definition) is 3. The summed E-state index contributed by atoms with van der Waals surface area (Å²) in [5.74, 6) is 0.980. The summed E-state index contributed by atoms with van der Waals surface area (Å²) >= 11 is 4.06. The van der Waals surface area contributed by atoms with E-state index < -0.39 is 0 Å². The van der Waals surface area contributed by atoms with Crippen molar-refractivity contribution in [2.75, 3.05) is 12.8 Å². The Hall–Kier alpha value is -0.190. The third-order valence-corrected chi connectivity index (χ3v) is 7.33. The molecule has 0 amide bonds. The van der Waals surface area contributed by atoms with Crippen LogP contribution in [0.1, 0.15) is 31.0 Å². The van der Waals surface area contributed by atoms with E-state index in [0.717, 1.165) is 16.9 Å². The van der Waals surface area contributed by atoms with E-state index in [1.807, 2.05) is 36.6 Å². The van der Waals surface area contributed by atoms with Crippen LogP contribution >= 0.6 is 23.5 Å². The third kappa shape index (κ3) is 3.47. The lowest BCUT2D eigenvalue weighted by atomic mass is 9.99. The van der Waals surface area contributed by atoms with Crippen molar-refractivity contribution in [1.29, 1.82) is 0 Å². The number of aryl methyl sites for hydroxylation is 1. The molecular weight excluding hydrogens is 277 g/mol. The van der Waals surface area contributed by atoms with Crippen LogP contribution in [0.3, 0.4) is 0 Å². The summed E-state index contributed by atoms with van der Waals surface area (Å²) in [6.45, 7) is 6.64. The average Bonchev–Trinajstić information content (AvgIpc) is 2.38. The Morgan fingerprint density at radius 1 is 1.32 bits per heavy atom. The zero-order valence-corrected chi connectivity index (χ0v) is 13.6. The minimum Gasteiger partial charge on any atom is -0.312 e. The average molecular weight is 299 g/mol. The first kappa shape index (κ1) is 15.2. The summed E-state index contributed by atoms with van der Waals surface area (Å²) < 4.78 is 13.5. The van der Waals surface area contributed by atoms with Crippen LogP contribution in [-0.4, -0.2) is 28.6 Å². The van der Waals surface area contributed by atoms with Gasteiger partial charge in [-0.15, -0.1) is 0 Å². The highest BCUT2D eigenvalue weighted by Gasteiger charge is 2.32. The van der Waals surface area contributed by atoms with Gasteiger partial charge >= 0.3 is 0 Å². The molecule has 1 saturated heterocycles. The maximum Gasteiger partial charge on any atom is 0.123 e. The molecule has 1 aromatic rings. The Morgan fingerprint density at radius 2 is 2.05 bits per heavy atom. The summed E-state index contributed by atoms with van der Waals surface area (Å²) in [5.41, 5.74) is 2.26. The van der Waals surface area contributed by atoms with Crippen LogP contribution in [0.4, 0.5) is 4.39 Å². The van der Waals surface area contributed by atoms with Gasteiger partial charge in [0.25, 0.3) is 0 Å². The molecule has 0 bridgehead atoms. The molecule has 0 saturated carbocycles. The molecule has 19 heavy (non-hydrogen) atoms. The summed E-state index contributed by atoms with van der Waals surface area (Å²) in [6, 6.07) is 5.33. The van der Waals surface area contributed by atoms with E-state index >= 15 is 0 Å². The SMILES string of the molecule is CNC(c1cc(F)ccc1C)C1CSC(C)C(C)S1. The molecule has 1 aliphatic rings. The molecule has 0 radical (unpaired) electrons. The predicted octanol–water partition coefficient (Wildman–Crippen LogP) is 4.02. The molecule has 1 nitrogen and oxygen atoms in total. The summed E-state index contributed by atoms with van der Waals surface area (Å²) in [4.78, 5) is 0. The second-order valence-corrected chi connectivity index (χ2v) is 8.22. The fourth-order valence-electron chi connectivity index (χ4n) is 2.47. The summed E-state index contributed by atoms with van der Waals surface area (Å²) in [7, 11) is 1.98. The Balaban J connectivity index is 2.22. The van der Waals surface area contributed by atoms with Crippen LogP contribution in [0.25, 0.3) is 0 Å². The first-order valence-corrected chi connectivity index (χ1v) is 8.72. The van der Waals surface area contributed by atoms with Crippen LogP contribution in [0.15, 0.2) is 18.2 Å². The number of hydrogen-bond donors (Lipinski definition) is 1. The van der Waals surface area contributed by atoms with Gasteiger partial charge in [-0.25, -0.2) is 4.39 Å². The fraction of sp³-hybridized carbons (Fsp3) is 0.600. The minimum atomic E-state index is -0.143. The summed E-state index contributed by atoms with van der Waals surface area (Å²) in [5, 5.41) is 5.24. The zero-order valence-electron chi connectivity index (χ0n) is 11.9. The van der Waals surface area contributed by atoms with Crippen molar-refractivity contribution in [3.63, 3.8) is 0 Å². The molecule has 1 aliphatic heterocycles. The standard InChI is InChI=1S/C15H22FNS2/c1-9-5-6-12(16)7-13(9)15(17-4)14-8-18-10(2)11(3)19-14/h5-7,10-11,14-15,17H,8H2,1-4H3. The molecule has 4 heteroatoms. The number of thioether (sulfide) groups is 2. The van der Waals surface area contributed by atoms with Gasteiger partial charge in [0.2, 0.25) is 0 Å². The number of halogens is 1. The highest BCUT2D eigenvalue weighted by atomic mass is 32.2. The molecule has 1 fully saturated rings. The van der Waals surface area contributed by atoms with Gasteiger partial charge in [-0.05, 0) is 37.2 Å². The molecule has 1 aromatic carbocycles. The molecule has 1 heterocycles. The van der Waals surface area contributed by atoms with Gasteiger partial charge in [0, 0.05) is 27.5 Å². The molecule has 0 aromatic heterocycles. The van der Waals surface area contributed by atoms with E-state index in [4.69, 9.17) is 0 Å². The molecule has 4 atom stereocenters. The van der Waals surface area contributed by atoms with Crippen LogP contribution in [0, 0.1) is 12.7 Å². The zero-order chi connectivity index (χ0) is 14.0. The third-order valence-electron chi connectivity index (χ3n) is 3.83. The quantitative estimate of drug-likeness (QED) is 0.905. The van der Waals surface area contributed by atoms with Crippen LogP contribution in [0.5, 0.6) is 0 Å².